The highest BCUT2D eigenvalue weighted by Gasteiger charge is 2.44. The molecule has 22 heavy (non-hydrogen) atoms. The zero-order valence-electron chi connectivity index (χ0n) is 12.3. The lowest BCUT2D eigenvalue weighted by Gasteiger charge is -2.19. The molecule has 0 saturated heterocycles. The molecule has 0 bridgehead atoms. The zero-order valence-corrected chi connectivity index (χ0v) is 12.3. The lowest BCUT2D eigenvalue weighted by molar-refractivity contribution is -0.159. The minimum atomic E-state index is -4.66. The van der Waals surface area contributed by atoms with Gasteiger partial charge in [-0.25, -0.2) is 0 Å². The molecule has 0 fully saturated rings. The van der Waals surface area contributed by atoms with E-state index >= 15 is 0 Å². The fourth-order valence-corrected chi connectivity index (χ4v) is 1.96. The number of nitrogens with one attached hydrogen (secondary N) is 1. The van der Waals surface area contributed by atoms with Crippen LogP contribution in [0.2, 0.25) is 0 Å². The third-order valence-electron chi connectivity index (χ3n) is 3.15. The van der Waals surface area contributed by atoms with E-state index in [2.05, 4.69) is 5.10 Å². The SMILES string of the molecule is CC(C)c1cc(C(=O)N[C@H](c2ccco2)C(F)(F)F)n(C)n1. The summed E-state index contributed by atoms with van der Waals surface area (Å²) in [6.07, 6.45) is -3.53. The molecule has 1 N–H and O–H groups in total. The number of hydrogen-bond donors (Lipinski definition) is 1. The topological polar surface area (TPSA) is 60.1 Å². The fourth-order valence-electron chi connectivity index (χ4n) is 1.96. The molecule has 0 spiro atoms. The second-order valence-electron chi connectivity index (χ2n) is 5.20. The Labute approximate surface area is 125 Å². The molecular weight excluding hydrogens is 299 g/mol. The van der Waals surface area contributed by atoms with E-state index in [-0.39, 0.29) is 17.4 Å². The fraction of sp³-hybridized carbons (Fsp3) is 0.429. The summed E-state index contributed by atoms with van der Waals surface area (Å²) >= 11 is 0. The maximum Gasteiger partial charge on any atom is 0.415 e. The van der Waals surface area contributed by atoms with E-state index in [0.29, 0.717) is 5.69 Å². The highest BCUT2D eigenvalue weighted by Crippen LogP contribution is 2.33. The first-order valence-corrected chi connectivity index (χ1v) is 6.65. The van der Waals surface area contributed by atoms with Gasteiger partial charge in [0.2, 0.25) is 0 Å². The summed E-state index contributed by atoms with van der Waals surface area (Å²) in [5, 5.41) is 6.06. The summed E-state index contributed by atoms with van der Waals surface area (Å²) in [7, 11) is 1.51. The van der Waals surface area contributed by atoms with E-state index in [1.165, 1.54) is 29.9 Å². The van der Waals surface area contributed by atoms with Crippen molar-refractivity contribution in [2.75, 3.05) is 0 Å². The Kier molecular flexibility index (Phi) is 4.30. The van der Waals surface area contributed by atoms with Gasteiger partial charge >= 0.3 is 6.18 Å². The summed E-state index contributed by atoms with van der Waals surface area (Å²) < 4.78 is 45.3. The molecule has 2 aromatic heterocycles. The summed E-state index contributed by atoms with van der Waals surface area (Å²) in [5.74, 6) is -1.16. The molecule has 0 aliphatic carbocycles. The minimum Gasteiger partial charge on any atom is -0.467 e. The van der Waals surface area contributed by atoms with Crippen LogP contribution in [0.3, 0.4) is 0 Å². The largest absolute Gasteiger partial charge is 0.467 e. The first kappa shape index (κ1) is 16.1. The van der Waals surface area contributed by atoms with Crippen molar-refractivity contribution in [1.82, 2.24) is 15.1 Å². The van der Waals surface area contributed by atoms with E-state index in [0.717, 1.165) is 6.26 Å². The number of carbonyl (C=O) groups excluding carboxylic acids is 1. The molecule has 8 heteroatoms. The van der Waals surface area contributed by atoms with Gasteiger partial charge in [-0.15, -0.1) is 0 Å². The molecule has 120 valence electrons. The smallest absolute Gasteiger partial charge is 0.415 e. The lowest BCUT2D eigenvalue weighted by atomic mass is 10.1. The molecule has 0 aliphatic rings. The summed E-state index contributed by atoms with van der Waals surface area (Å²) in [6, 6.07) is 1.78. The Morgan fingerprint density at radius 2 is 2.09 bits per heavy atom. The van der Waals surface area contributed by atoms with Gasteiger partial charge in [0.05, 0.1) is 12.0 Å². The van der Waals surface area contributed by atoms with Crippen molar-refractivity contribution in [1.29, 1.82) is 0 Å². The van der Waals surface area contributed by atoms with E-state index < -0.39 is 18.1 Å². The Bertz CT molecular complexity index is 645. The van der Waals surface area contributed by atoms with Crippen LogP contribution in [0.4, 0.5) is 13.2 Å². The summed E-state index contributed by atoms with van der Waals surface area (Å²) in [6.45, 7) is 3.76. The van der Waals surface area contributed by atoms with E-state index in [1.54, 1.807) is 0 Å². The molecular formula is C14H16F3N3O2. The summed E-state index contributed by atoms with van der Waals surface area (Å²) in [4.78, 5) is 12.1. The standard InChI is InChI=1S/C14H16F3N3O2/c1-8(2)9-7-10(20(3)19-9)13(21)18-12(14(15,16)17)11-5-4-6-22-11/h4-8,12H,1-3H3,(H,18,21)/t12-/m1/s1. The average molecular weight is 315 g/mol. The molecule has 1 atom stereocenters. The van der Waals surface area contributed by atoms with Gasteiger partial charge in [-0.2, -0.15) is 18.3 Å². The number of furan rings is 1. The van der Waals surface area contributed by atoms with Gasteiger partial charge in [0, 0.05) is 7.05 Å². The van der Waals surface area contributed by atoms with Crippen LogP contribution < -0.4 is 5.32 Å². The predicted octanol–water partition coefficient (Wildman–Crippen LogP) is 3.17. The second kappa shape index (κ2) is 5.86. The van der Waals surface area contributed by atoms with Gasteiger partial charge < -0.3 is 9.73 Å². The number of halogens is 3. The number of hydrogen-bond acceptors (Lipinski definition) is 3. The number of amides is 1. The van der Waals surface area contributed by atoms with Crippen LogP contribution in [-0.4, -0.2) is 21.9 Å². The van der Waals surface area contributed by atoms with Gasteiger partial charge in [-0.3, -0.25) is 9.48 Å². The van der Waals surface area contributed by atoms with Crippen molar-refractivity contribution in [2.45, 2.75) is 32.0 Å². The third kappa shape index (κ3) is 3.32. The molecule has 1 amide bonds. The summed E-state index contributed by atoms with van der Waals surface area (Å²) in [5.41, 5.74) is 0.693. The molecule has 2 rings (SSSR count). The minimum absolute atomic E-state index is 0.0597. The second-order valence-corrected chi connectivity index (χ2v) is 5.20. The van der Waals surface area contributed by atoms with Gasteiger partial charge in [-0.1, -0.05) is 13.8 Å². The normalized spacial score (nSPS) is 13.4. The first-order valence-electron chi connectivity index (χ1n) is 6.65. The Hall–Kier alpha value is -2.25. The van der Waals surface area contributed by atoms with Crippen molar-refractivity contribution in [3.05, 3.63) is 41.6 Å². The van der Waals surface area contributed by atoms with Crippen LogP contribution in [0.25, 0.3) is 0 Å². The highest BCUT2D eigenvalue weighted by atomic mass is 19.4. The zero-order chi connectivity index (χ0) is 16.5. The Morgan fingerprint density at radius 3 is 2.55 bits per heavy atom. The maximum absolute atomic E-state index is 13.1. The van der Waals surface area contributed by atoms with Gasteiger partial charge in [-0.05, 0) is 24.1 Å². The number of rotatable bonds is 4. The van der Waals surface area contributed by atoms with Crippen LogP contribution in [0, 0.1) is 0 Å². The predicted molar refractivity (Wildman–Crippen MR) is 72.3 cm³/mol. The monoisotopic (exact) mass is 315 g/mol. The lowest BCUT2D eigenvalue weighted by Crippen LogP contribution is -2.38. The number of aromatic nitrogens is 2. The highest BCUT2D eigenvalue weighted by molar-refractivity contribution is 5.93. The van der Waals surface area contributed by atoms with Crippen molar-refractivity contribution in [2.24, 2.45) is 7.05 Å². The van der Waals surface area contributed by atoms with Crippen LogP contribution in [0.15, 0.2) is 28.9 Å². The molecule has 5 nitrogen and oxygen atoms in total. The molecule has 2 heterocycles. The van der Waals surface area contributed by atoms with Gasteiger partial charge in [0.25, 0.3) is 5.91 Å². The van der Waals surface area contributed by atoms with Crippen molar-refractivity contribution >= 4 is 5.91 Å². The maximum atomic E-state index is 13.1. The Morgan fingerprint density at radius 1 is 1.41 bits per heavy atom. The third-order valence-corrected chi connectivity index (χ3v) is 3.15. The van der Waals surface area contributed by atoms with Crippen molar-refractivity contribution in [3.63, 3.8) is 0 Å². The molecule has 0 radical (unpaired) electrons. The van der Waals surface area contributed by atoms with Gasteiger partial charge in [0.15, 0.2) is 6.04 Å². The van der Waals surface area contributed by atoms with Crippen LogP contribution in [-0.2, 0) is 7.05 Å². The molecule has 0 aliphatic heterocycles. The quantitative estimate of drug-likeness (QED) is 0.942. The van der Waals surface area contributed by atoms with Gasteiger partial charge in [0.1, 0.15) is 11.5 Å². The molecule has 0 unspecified atom stereocenters. The van der Waals surface area contributed by atoms with E-state index in [4.69, 9.17) is 4.42 Å². The van der Waals surface area contributed by atoms with Crippen molar-refractivity contribution < 1.29 is 22.4 Å². The number of alkyl halides is 3. The number of aryl methyl sites for hydroxylation is 1. The van der Waals surface area contributed by atoms with Crippen molar-refractivity contribution in [3.8, 4) is 0 Å². The number of nitrogens with zero attached hydrogens (tertiary/aromatic N) is 2. The molecule has 0 saturated carbocycles. The van der Waals surface area contributed by atoms with Crippen LogP contribution in [0.1, 0.15) is 47.7 Å². The molecule has 0 aromatic carbocycles. The molecule has 2 aromatic rings. The van der Waals surface area contributed by atoms with Crippen LogP contribution >= 0.6 is 0 Å². The number of carbonyl (C=O) groups is 1. The Balaban J connectivity index is 2.26. The van der Waals surface area contributed by atoms with E-state index in [9.17, 15) is 18.0 Å². The van der Waals surface area contributed by atoms with E-state index in [1.807, 2.05) is 19.2 Å². The average Bonchev–Trinajstić information content (AvgIpc) is 3.03. The van der Waals surface area contributed by atoms with Crippen LogP contribution in [0.5, 0.6) is 0 Å². The first-order chi connectivity index (χ1) is 10.2.